The second-order valence-electron chi connectivity index (χ2n) is 6.05. The Labute approximate surface area is 113 Å². The highest BCUT2D eigenvalue weighted by molar-refractivity contribution is 4.99. The van der Waals surface area contributed by atoms with Crippen LogP contribution < -0.4 is 0 Å². The van der Waals surface area contributed by atoms with Crippen molar-refractivity contribution in [1.29, 1.82) is 0 Å². The lowest BCUT2D eigenvalue weighted by Gasteiger charge is -2.35. The molecule has 2 heteroatoms. The van der Waals surface area contributed by atoms with Crippen molar-refractivity contribution in [3.8, 4) is 0 Å². The Morgan fingerprint density at radius 1 is 1.28 bits per heavy atom. The Morgan fingerprint density at radius 2 is 1.94 bits per heavy atom. The van der Waals surface area contributed by atoms with Crippen molar-refractivity contribution in [1.82, 2.24) is 4.90 Å². The number of nitrogens with zero attached hydrogens (tertiary/aromatic N) is 1. The van der Waals surface area contributed by atoms with Gasteiger partial charge in [0.2, 0.25) is 0 Å². The fourth-order valence-corrected chi connectivity index (χ4v) is 2.30. The highest BCUT2D eigenvalue weighted by atomic mass is 16.5. The van der Waals surface area contributed by atoms with E-state index in [2.05, 4.69) is 44.7 Å². The second-order valence-corrected chi connectivity index (χ2v) is 6.05. The molecule has 0 N–H and O–H groups in total. The molecule has 0 aromatic carbocycles. The van der Waals surface area contributed by atoms with Crippen LogP contribution in [0.5, 0.6) is 0 Å². The van der Waals surface area contributed by atoms with Gasteiger partial charge in [-0.2, -0.15) is 0 Å². The van der Waals surface area contributed by atoms with Crippen molar-refractivity contribution in [3.05, 3.63) is 12.2 Å². The van der Waals surface area contributed by atoms with Crippen LogP contribution >= 0.6 is 0 Å². The summed E-state index contributed by atoms with van der Waals surface area (Å²) in [6.45, 7) is 14.4. The lowest BCUT2D eigenvalue weighted by atomic mass is 9.85. The standard InChI is InChI=1S/C16H31NO/c1-5-15(3)8-7-9-16(4,6-2)14-17-10-12-18-13-11-17/h7,9,15H,5-6,8,10-14H2,1-4H3/b9-7+. The summed E-state index contributed by atoms with van der Waals surface area (Å²) in [5.41, 5.74) is 0.324. The van der Waals surface area contributed by atoms with Gasteiger partial charge in [0, 0.05) is 19.6 Å². The van der Waals surface area contributed by atoms with Crippen molar-refractivity contribution < 1.29 is 4.74 Å². The van der Waals surface area contributed by atoms with Gasteiger partial charge in [0.05, 0.1) is 13.2 Å². The quantitative estimate of drug-likeness (QED) is 0.641. The molecule has 1 aliphatic heterocycles. The van der Waals surface area contributed by atoms with Gasteiger partial charge in [0.25, 0.3) is 0 Å². The summed E-state index contributed by atoms with van der Waals surface area (Å²) in [5, 5.41) is 0. The van der Waals surface area contributed by atoms with Crippen LogP contribution in [0.1, 0.15) is 47.0 Å². The van der Waals surface area contributed by atoms with Gasteiger partial charge in [-0.05, 0) is 24.2 Å². The van der Waals surface area contributed by atoms with E-state index in [1.165, 1.54) is 25.8 Å². The molecule has 0 spiro atoms. The van der Waals surface area contributed by atoms with Gasteiger partial charge in [-0.15, -0.1) is 0 Å². The Morgan fingerprint density at radius 3 is 2.50 bits per heavy atom. The first kappa shape index (κ1) is 15.7. The normalized spacial score (nSPS) is 23.1. The number of hydrogen-bond acceptors (Lipinski definition) is 2. The van der Waals surface area contributed by atoms with E-state index < -0.39 is 0 Å². The minimum absolute atomic E-state index is 0.324. The topological polar surface area (TPSA) is 12.5 Å². The molecule has 2 atom stereocenters. The lowest BCUT2D eigenvalue weighted by molar-refractivity contribution is 0.0244. The van der Waals surface area contributed by atoms with E-state index in [0.29, 0.717) is 5.41 Å². The second kappa shape index (κ2) is 7.96. The Hall–Kier alpha value is -0.340. The van der Waals surface area contributed by atoms with Gasteiger partial charge >= 0.3 is 0 Å². The summed E-state index contributed by atoms with van der Waals surface area (Å²) in [7, 11) is 0. The van der Waals surface area contributed by atoms with Crippen molar-refractivity contribution in [2.24, 2.45) is 11.3 Å². The minimum atomic E-state index is 0.324. The molecule has 0 aromatic heterocycles. The van der Waals surface area contributed by atoms with Gasteiger partial charge < -0.3 is 4.74 Å². The van der Waals surface area contributed by atoms with Crippen LogP contribution in [0, 0.1) is 11.3 Å². The first-order valence-corrected chi connectivity index (χ1v) is 7.57. The molecule has 1 rings (SSSR count). The third-order valence-corrected chi connectivity index (χ3v) is 4.25. The smallest absolute Gasteiger partial charge is 0.0594 e. The van der Waals surface area contributed by atoms with Gasteiger partial charge in [-0.25, -0.2) is 0 Å². The third-order valence-electron chi connectivity index (χ3n) is 4.25. The fourth-order valence-electron chi connectivity index (χ4n) is 2.30. The molecule has 0 amide bonds. The van der Waals surface area contributed by atoms with Crippen molar-refractivity contribution in [2.45, 2.75) is 47.0 Å². The van der Waals surface area contributed by atoms with E-state index in [1.807, 2.05) is 0 Å². The van der Waals surface area contributed by atoms with Crippen LogP contribution in [-0.2, 0) is 4.74 Å². The van der Waals surface area contributed by atoms with E-state index in [9.17, 15) is 0 Å². The average Bonchev–Trinajstić information content (AvgIpc) is 2.39. The lowest BCUT2D eigenvalue weighted by Crippen LogP contribution is -2.42. The van der Waals surface area contributed by atoms with Gasteiger partial charge in [0.15, 0.2) is 0 Å². The molecule has 106 valence electrons. The van der Waals surface area contributed by atoms with Crippen molar-refractivity contribution >= 4 is 0 Å². The summed E-state index contributed by atoms with van der Waals surface area (Å²) in [6.07, 6.45) is 8.56. The molecule has 0 bridgehead atoms. The Kier molecular flexibility index (Phi) is 6.95. The molecule has 18 heavy (non-hydrogen) atoms. The van der Waals surface area contributed by atoms with Gasteiger partial charge in [-0.1, -0.05) is 46.3 Å². The largest absolute Gasteiger partial charge is 0.379 e. The molecule has 0 radical (unpaired) electrons. The third kappa shape index (κ3) is 5.53. The molecule has 0 aromatic rings. The molecule has 0 saturated carbocycles. The number of allylic oxidation sites excluding steroid dienone is 1. The molecule has 2 unspecified atom stereocenters. The van der Waals surface area contributed by atoms with E-state index in [4.69, 9.17) is 4.74 Å². The zero-order valence-electron chi connectivity index (χ0n) is 12.7. The van der Waals surface area contributed by atoms with Crippen LogP contribution in [0.15, 0.2) is 12.2 Å². The van der Waals surface area contributed by atoms with Crippen molar-refractivity contribution in [3.63, 3.8) is 0 Å². The number of hydrogen-bond donors (Lipinski definition) is 0. The molecule has 0 aliphatic carbocycles. The maximum Gasteiger partial charge on any atom is 0.0594 e. The average molecular weight is 253 g/mol. The molecule has 1 heterocycles. The Bertz CT molecular complexity index is 245. The molecule has 1 aliphatic rings. The summed E-state index contributed by atoms with van der Waals surface area (Å²) < 4.78 is 5.42. The van der Waals surface area contributed by atoms with E-state index in [0.717, 1.165) is 32.2 Å². The van der Waals surface area contributed by atoms with Crippen molar-refractivity contribution in [2.75, 3.05) is 32.8 Å². The summed E-state index contributed by atoms with van der Waals surface area (Å²) >= 11 is 0. The van der Waals surface area contributed by atoms with Gasteiger partial charge in [-0.3, -0.25) is 4.90 Å². The van der Waals surface area contributed by atoms with Crippen LogP contribution in [0.3, 0.4) is 0 Å². The SMILES string of the molecule is CCC(C)C/C=C/C(C)(CC)CN1CCOCC1. The first-order chi connectivity index (χ1) is 8.59. The van der Waals surface area contributed by atoms with E-state index in [1.54, 1.807) is 0 Å². The van der Waals surface area contributed by atoms with E-state index >= 15 is 0 Å². The molecular formula is C16H31NO. The van der Waals surface area contributed by atoms with Crippen LogP contribution in [-0.4, -0.2) is 37.7 Å². The highest BCUT2D eigenvalue weighted by Gasteiger charge is 2.23. The summed E-state index contributed by atoms with van der Waals surface area (Å²) in [6, 6.07) is 0. The summed E-state index contributed by atoms with van der Waals surface area (Å²) in [4.78, 5) is 2.54. The Balaban J connectivity index is 2.44. The van der Waals surface area contributed by atoms with Crippen LogP contribution in [0.25, 0.3) is 0 Å². The van der Waals surface area contributed by atoms with Crippen LogP contribution in [0.2, 0.25) is 0 Å². The minimum Gasteiger partial charge on any atom is -0.379 e. The van der Waals surface area contributed by atoms with Gasteiger partial charge in [0.1, 0.15) is 0 Å². The number of rotatable bonds is 7. The van der Waals surface area contributed by atoms with Crippen LogP contribution in [0.4, 0.5) is 0 Å². The fraction of sp³-hybridized carbons (Fsp3) is 0.875. The maximum absolute atomic E-state index is 5.42. The van der Waals surface area contributed by atoms with E-state index in [-0.39, 0.29) is 0 Å². The molecular weight excluding hydrogens is 222 g/mol. The first-order valence-electron chi connectivity index (χ1n) is 7.57. The number of ether oxygens (including phenoxy) is 1. The zero-order valence-corrected chi connectivity index (χ0v) is 12.7. The predicted molar refractivity (Wildman–Crippen MR) is 78.9 cm³/mol. The molecule has 1 fully saturated rings. The molecule has 1 saturated heterocycles. The zero-order chi connectivity index (χ0) is 13.4. The maximum atomic E-state index is 5.42. The number of morpholine rings is 1. The summed E-state index contributed by atoms with van der Waals surface area (Å²) in [5.74, 6) is 0.811. The molecule has 2 nitrogen and oxygen atoms in total. The highest BCUT2D eigenvalue weighted by Crippen LogP contribution is 2.25. The monoisotopic (exact) mass is 253 g/mol. The predicted octanol–water partition coefficient (Wildman–Crippen LogP) is 3.73.